The lowest BCUT2D eigenvalue weighted by molar-refractivity contribution is 0.199. The third kappa shape index (κ3) is 2.70. The highest BCUT2D eigenvalue weighted by molar-refractivity contribution is 5.39. The Bertz CT molecular complexity index is 398. The van der Waals surface area contributed by atoms with E-state index < -0.39 is 0 Å². The molecule has 1 aromatic rings. The average Bonchev–Trinajstić information content (AvgIpc) is 2.32. The predicted molar refractivity (Wildman–Crippen MR) is 73.6 cm³/mol. The highest BCUT2D eigenvalue weighted by atomic mass is 15.2. The minimum Gasteiger partial charge on any atom is -0.314 e. The molecule has 1 heterocycles. The monoisotopic (exact) mass is 232 g/mol. The van der Waals surface area contributed by atoms with Gasteiger partial charge < -0.3 is 10.2 Å². The number of nitrogens with zero attached hydrogens (tertiary/aromatic N) is 1. The van der Waals surface area contributed by atoms with Gasteiger partial charge in [-0.25, -0.2) is 0 Å². The molecule has 0 bridgehead atoms. The van der Waals surface area contributed by atoms with E-state index in [0.717, 1.165) is 26.1 Å². The fourth-order valence-corrected chi connectivity index (χ4v) is 2.58. The number of nitrogens with one attached hydrogen (secondary N) is 1. The van der Waals surface area contributed by atoms with E-state index in [1.54, 1.807) is 0 Å². The van der Waals surface area contributed by atoms with Gasteiger partial charge in [0, 0.05) is 25.7 Å². The molecule has 2 rings (SSSR count). The first-order chi connectivity index (χ1) is 8.09. The van der Waals surface area contributed by atoms with Crippen LogP contribution in [-0.4, -0.2) is 37.6 Å². The van der Waals surface area contributed by atoms with Gasteiger partial charge in [0.15, 0.2) is 0 Å². The molecule has 0 saturated carbocycles. The maximum Gasteiger partial charge on any atom is 0.0258 e. The Morgan fingerprint density at radius 3 is 2.71 bits per heavy atom. The Kier molecular flexibility index (Phi) is 3.85. The van der Waals surface area contributed by atoms with Gasteiger partial charge in [0.05, 0.1) is 0 Å². The third-order valence-corrected chi connectivity index (χ3v) is 4.27. The smallest absolute Gasteiger partial charge is 0.0258 e. The molecule has 1 aromatic carbocycles. The summed E-state index contributed by atoms with van der Waals surface area (Å²) in [6.45, 7) is 10.1. The topological polar surface area (TPSA) is 15.3 Å². The van der Waals surface area contributed by atoms with Crippen molar-refractivity contribution in [1.29, 1.82) is 0 Å². The lowest BCUT2D eigenvalue weighted by Gasteiger charge is -2.33. The van der Waals surface area contributed by atoms with Crippen LogP contribution in [0.25, 0.3) is 0 Å². The molecule has 1 aliphatic heterocycles. The van der Waals surface area contributed by atoms with Gasteiger partial charge in [-0.05, 0) is 56.5 Å². The van der Waals surface area contributed by atoms with E-state index in [-0.39, 0.29) is 0 Å². The van der Waals surface area contributed by atoms with Gasteiger partial charge in [0.25, 0.3) is 0 Å². The van der Waals surface area contributed by atoms with Gasteiger partial charge >= 0.3 is 0 Å². The molecule has 0 amide bonds. The van der Waals surface area contributed by atoms with Crippen molar-refractivity contribution in [2.24, 2.45) is 0 Å². The summed E-state index contributed by atoms with van der Waals surface area (Å²) in [7, 11) is 2.24. The van der Waals surface area contributed by atoms with Crippen LogP contribution in [0.5, 0.6) is 0 Å². The summed E-state index contributed by atoms with van der Waals surface area (Å²) in [5.41, 5.74) is 5.84. The maximum absolute atomic E-state index is 3.49. The summed E-state index contributed by atoms with van der Waals surface area (Å²) < 4.78 is 0. The molecule has 1 atom stereocenters. The lowest BCUT2D eigenvalue weighted by Crippen LogP contribution is -2.50. The van der Waals surface area contributed by atoms with E-state index >= 15 is 0 Å². The fourth-order valence-electron chi connectivity index (χ4n) is 2.58. The van der Waals surface area contributed by atoms with E-state index in [4.69, 9.17) is 0 Å². The van der Waals surface area contributed by atoms with Crippen molar-refractivity contribution in [3.63, 3.8) is 0 Å². The van der Waals surface area contributed by atoms with Crippen molar-refractivity contribution in [3.8, 4) is 0 Å². The Morgan fingerprint density at radius 1 is 1.24 bits per heavy atom. The second-order valence-electron chi connectivity index (χ2n) is 5.33. The number of aryl methyl sites for hydroxylation is 1. The maximum atomic E-state index is 3.49. The molecule has 17 heavy (non-hydrogen) atoms. The molecular weight excluding hydrogens is 208 g/mol. The van der Waals surface area contributed by atoms with E-state index in [1.807, 2.05) is 0 Å². The molecule has 2 heteroatoms. The van der Waals surface area contributed by atoms with Crippen molar-refractivity contribution < 1.29 is 0 Å². The fraction of sp³-hybridized carbons (Fsp3) is 0.600. The Hall–Kier alpha value is -0.860. The zero-order valence-electron chi connectivity index (χ0n) is 11.5. The van der Waals surface area contributed by atoms with Crippen LogP contribution >= 0.6 is 0 Å². The van der Waals surface area contributed by atoms with Crippen LogP contribution in [0, 0.1) is 20.8 Å². The minimum atomic E-state index is 0.643. The molecule has 1 N–H and O–H groups in total. The van der Waals surface area contributed by atoms with Crippen LogP contribution in [0.2, 0.25) is 0 Å². The van der Waals surface area contributed by atoms with Crippen LogP contribution < -0.4 is 5.32 Å². The highest BCUT2D eigenvalue weighted by Gasteiger charge is 2.19. The second-order valence-corrected chi connectivity index (χ2v) is 5.33. The van der Waals surface area contributed by atoms with Crippen LogP contribution in [0.4, 0.5) is 0 Å². The molecule has 0 radical (unpaired) electrons. The number of hydrogen-bond acceptors (Lipinski definition) is 2. The molecule has 2 nitrogen and oxygen atoms in total. The first-order valence-corrected chi connectivity index (χ1v) is 6.56. The Labute approximate surface area is 105 Å². The number of hydrogen-bond donors (Lipinski definition) is 1. The van der Waals surface area contributed by atoms with Crippen molar-refractivity contribution in [1.82, 2.24) is 10.2 Å². The quantitative estimate of drug-likeness (QED) is 0.839. The number of piperazine rings is 1. The minimum absolute atomic E-state index is 0.643. The number of benzene rings is 1. The average molecular weight is 232 g/mol. The van der Waals surface area contributed by atoms with E-state index in [0.29, 0.717) is 6.04 Å². The largest absolute Gasteiger partial charge is 0.314 e. The Balaban J connectivity index is 2.15. The molecule has 0 aliphatic carbocycles. The summed E-state index contributed by atoms with van der Waals surface area (Å²) in [5.74, 6) is 0. The normalized spacial score (nSPS) is 21.8. The van der Waals surface area contributed by atoms with Crippen molar-refractivity contribution in [3.05, 3.63) is 34.4 Å². The lowest BCUT2D eigenvalue weighted by atomic mass is 9.94. The zero-order valence-corrected chi connectivity index (χ0v) is 11.5. The van der Waals surface area contributed by atoms with Crippen molar-refractivity contribution in [2.75, 3.05) is 26.7 Å². The summed E-state index contributed by atoms with van der Waals surface area (Å²) in [4.78, 5) is 2.48. The van der Waals surface area contributed by atoms with E-state index in [1.165, 1.54) is 22.3 Å². The molecule has 1 unspecified atom stereocenters. The summed E-state index contributed by atoms with van der Waals surface area (Å²) >= 11 is 0. The highest BCUT2D eigenvalue weighted by Crippen LogP contribution is 2.19. The molecule has 1 fully saturated rings. The van der Waals surface area contributed by atoms with Gasteiger partial charge in [-0.2, -0.15) is 0 Å². The summed E-state index contributed by atoms with van der Waals surface area (Å²) in [6.07, 6.45) is 1.16. The summed E-state index contributed by atoms with van der Waals surface area (Å²) in [5, 5.41) is 3.49. The standard InChI is InChI=1S/C15H24N2/c1-11-5-6-14(13(3)12(11)2)9-15-10-16-7-8-17(15)4/h5-6,15-16H,7-10H2,1-4H3. The van der Waals surface area contributed by atoms with Crippen LogP contribution in [-0.2, 0) is 6.42 Å². The molecule has 1 aliphatic rings. The SMILES string of the molecule is Cc1ccc(CC2CNCCN2C)c(C)c1C. The van der Waals surface area contributed by atoms with Gasteiger partial charge in [-0.1, -0.05) is 12.1 Å². The van der Waals surface area contributed by atoms with Crippen LogP contribution in [0.15, 0.2) is 12.1 Å². The van der Waals surface area contributed by atoms with Gasteiger partial charge in [0.2, 0.25) is 0 Å². The first kappa shape index (κ1) is 12.6. The van der Waals surface area contributed by atoms with Crippen LogP contribution in [0.3, 0.4) is 0 Å². The second kappa shape index (κ2) is 5.19. The molecule has 0 spiro atoms. The summed E-state index contributed by atoms with van der Waals surface area (Å²) in [6, 6.07) is 5.21. The molecular formula is C15H24N2. The van der Waals surface area contributed by atoms with Gasteiger partial charge in [0.1, 0.15) is 0 Å². The van der Waals surface area contributed by atoms with Gasteiger partial charge in [-0.3, -0.25) is 0 Å². The number of likely N-dealkylation sites (N-methyl/N-ethyl adjacent to an activating group) is 1. The van der Waals surface area contributed by atoms with Crippen molar-refractivity contribution >= 4 is 0 Å². The molecule has 94 valence electrons. The van der Waals surface area contributed by atoms with Crippen molar-refractivity contribution in [2.45, 2.75) is 33.2 Å². The number of rotatable bonds is 2. The predicted octanol–water partition coefficient (Wildman–Crippen LogP) is 2.06. The van der Waals surface area contributed by atoms with Crippen LogP contribution in [0.1, 0.15) is 22.3 Å². The zero-order chi connectivity index (χ0) is 12.4. The van der Waals surface area contributed by atoms with E-state index in [2.05, 4.69) is 50.2 Å². The first-order valence-electron chi connectivity index (χ1n) is 6.56. The molecule has 1 saturated heterocycles. The molecule has 0 aromatic heterocycles. The van der Waals surface area contributed by atoms with Gasteiger partial charge in [-0.15, -0.1) is 0 Å². The third-order valence-electron chi connectivity index (χ3n) is 4.27. The van der Waals surface area contributed by atoms with E-state index in [9.17, 15) is 0 Å². The Morgan fingerprint density at radius 2 is 2.00 bits per heavy atom.